The van der Waals surface area contributed by atoms with E-state index < -0.39 is 29.6 Å². The quantitative estimate of drug-likeness (QED) is 0.608. The van der Waals surface area contributed by atoms with Gasteiger partial charge in [0, 0.05) is 18.0 Å². The van der Waals surface area contributed by atoms with Crippen LogP contribution in [0.3, 0.4) is 0 Å². The highest BCUT2D eigenvalue weighted by molar-refractivity contribution is 5.97. The minimum Gasteiger partial charge on any atom is -0.493 e. The normalized spacial score (nSPS) is 17.9. The molecule has 1 amide bonds. The number of anilines is 1. The lowest BCUT2D eigenvalue weighted by Gasteiger charge is -2.21. The maximum Gasteiger partial charge on any atom is 0.407 e. The number of ether oxygens (including phenoxy) is 2. The molecule has 0 aliphatic heterocycles. The first-order valence-corrected chi connectivity index (χ1v) is 10.1. The molecule has 2 aromatic rings. The Kier molecular flexibility index (Phi) is 6.48. The molecule has 10 heteroatoms. The third-order valence-electron chi connectivity index (χ3n) is 4.75. The number of nitrogens with two attached hydrogens (primary N) is 1. The molecular formula is C22H25N5O5. The summed E-state index contributed by atoms with van der Waals surface area (Å²) in [7, 11) is 0. The largest absolute Gasteiger partial charge is 0.493 e. The van der Waals surface area contributed by atoms with Crippen molar-refractivity contribution in [1.29, 1.82) is 5.26 Å². The molecule has 1 aliphatic carbocycles. The lowest BCUT2D eigenvalue weighted by molar-refractivity contribution is 0.0307. The fourth-order valence-corrected chi connectivity index (χ4v) is 3.38. The van der Waals surface area contributed by atoms with Crippen LogP contribution in [-0.2, 0) is 9.47 Å². The van der Waals surface area contributed by atoms with Crippen molar-refractivity contribution in [2.24, 2.45) is 0 Å². The fourth-order valence-electron chi connectivity index (χ4n) is 3.38. The van der Waals surface area contributed by atoms with Gasteiger partial charge in [-0.15, -0.1) is 0 Å². The van der Waals surface area contributed by atoms with Crippen LogP contribution in [0.5, 0.6) is 5.88 Å². The Balaban J connectivity index is 1.66. The second kappa shape index (κ2) is 9.09. The molecule has 0 saturated heterocycles. The van der Waals surface area contributed by atoms with Crippen LogP contribution in [0.15, 0.2) is 24.3 Å². The highest BCUT2D eigenvalue weighted by Crippen LogP contribution is 2.29. The first-order valence-electron chi connectivity index (χ1n) is 10.1. The summed E-state index contributed by atoms with van der Waals surface area (Å²) >= 11 is 0. The van der Waals surface area contributed by atoms with Crippen LogP contribution in [0.25, 0.3) is 11.4 Å². The van der Waals surface area contributed by atoms with E-state index in [4.69, 9.17) is 20.5 Å². The van der Waals surface area contributed by atoms with Gasteiger partial charge in [0.15, 0.2) is 11.4 Å². The highest BCUT2D eigenvalue weighted by Gasteiger charge is 2.32. The third-order valence-corrected chi connectivity index (χ3v) is 4.75. The van der Waals surface area contributed by atoms with E-state index in [2.05, 4.69) is 15.3 Å². The Morgan fingerprint density at radius 1 is 1.28 bits per heavy atom. The average Bonchev–Trinajstić information content (AvgIpc) is 3.12. The van der Waals surface area contributed by atoms with E-state index in [1.807, 2.05) is 6.07 Å². The molecule has 0 radical (unpaired) electrons. The number of nitrogens with zero attached hydrogens (tertiary/aromatic N) is 3. The van der Waals surface area contributed by atoms with Crippen LogP contribution in [-0.4, -0.2) is 44.9 Å². The minimum atomic E-state index is -0.847. The number of nitrogens with one attached hydrogen (secondary N) is 1. The van der Waals surface area contributed by atoms with Gasteiger partial charge >= 0.3 is 12.1 Å². The number of benzene rings is 1. The van der Waals surface area contributed by atoms with Crippen LogP contribution >= 0.6 is 0 Å². The van der Waals surface area contributed by atoms with Gasteiger partial charge in [-0.25, -0.2) is 14.6 Å². The number of hydrogen-bond acceptors (Lipinski definition) is 9. The van der Waals surface area contributed by atoms with Crippen molar-refractivity contribution in [1.82, 2.24) is 15.3 Å². The molecule has 10 nitrogen and oxygen atoms in total. The standard InChI is InChI=1S/C22H25N5O5/c1-22(2,3)32-21(30)25-14-7-8-15(10-14)31-20(29)16-17(24)26-18(27-19(16)28)13-6-4-5-12(9-13)11-23/h4-6,9,14-15H,7-8,10H2,1-3H3,(H,25,30)(H3,24,26,27,28)/t14-,15+/m1/s1. The lowest BCUT2D eigenvalue weighted by Crippen LogP contribution is -2.38. The molecule has 1 aromatic heterocycles. The number of nitriles is 1. The van der Waals surface area contributed by atoms with Gasteiger partial charge in [0.05, 0.1) is 11.6 Å². The Labute approximate surface area is 185 Å². The number of nitrogen functional groups attached to an aromatic ring is 1. The summed E-state index contributed by atoms with van der Waals surface area (Å²) in [6.07, 6.45) is 0.566. The second-order valence-electron chi connectivity index (χ2n) is 8.51. The second-order valence-corrected chi connectivity index (χ2v) is 8.51. The Bertz CT molecular complexity index is 1050. The Hall–Kier alpha value is -3.87. The summed E-state index contributed by atoms with van der Waals surface area (Å²) in [5, 5.41) is 22.1. The molecule has 1 aliphatic rings. The molecule has 0 unspecified atom stereocenters. The Morgan fingerprint density at radius 3 is 2.69 bits per heavy atom. The number of aromatic hydroxyl groups is 1. The van der Waals surface area contributed by atoms with Gasteiger partial charge in [0.25, 0.3) is 0 Å². The third kappa shape index (κ3) is 5.63. The van der Waals surface area contributed by atoms with E-state index >= 15 is 0 Å². The van der Waals surface area contributed by atoms with Crippen LogP contribution in [0.2, 0.25) is 0 Å². The number of carbonyl (C=O) groups is 2. The van der Waals surface area contributed by atoms with E-state index in [9.17, 15) is 14.7 Å². The van der Waals surface area contributed by atoms with E-state index in [-0.39, 0.29) is 23.2 Å². The van der Waals surface area contributed by atoms with Crippen molar-refractivity contribution in [3.8, 4) is 23.3 Å². The maximum atomic E-state index is 12.6. The van der Waals surface area contributed by atoms with Crippen LogP contribution in [0, 0.1) is 11.3 Å². The fraction of sp³-hybridized carbons (Fsp3) is 0.409. The van der Waals surface area contributed by atoms with Crippen molar-refractivity contribution in [3.05, 3.63) is 35.4 Å². The zero-order valence-electron chi connectivity index (χ0n) is 18.1. The van der Waals surface area contributed by atoms with Gasteiger partial charge in [0.1, 0.15) is 17.5 Å². The van der Waals surface area contributed by atoms with E-state index in [1.165, 1.54) is 0 Å². The van der Waals surface area contributed by atoms with Crippen molar-refractivity contribution in [2.45, 2.75) is 57.8 Å². The molecular weight excluding hydrogens is 414 g/mol. The zero-order valence-corrected chi connectivity index (χ0v) is 18.1. The van der Waals surface area contributed by atoms with Crippen molar-refractivity contribution >= 4 is 17.9 Å². The maximum absolute atomic E-state index is 12.6. The topological polar surface area (TPSA) is 160 Å². The van der Waals surface area contributed by atoms with Gasteiger partial charge in [-0.1, -0.05) is 12.1 Å². The predicted molar refractivity (Wildman–Crippen MR) is 114 cm³/mol. The molecule has 1 heterocycles. The monoisotopic (exact) mass is 439 g/mol. The molecule has 168 valence electrons. The van der Waals surface area contributed by atoms with Crippen LogP contribution < -0.4 is 11.1 Å². The summed E-state index contributed by atoms with van der Waals surface area (Å²) in [6.45, 7) is 5.32. The first-order chi connectivity index (χ1) is 15.1. The van der Waals surface area contributed by atoms with E-state index in [0.717, 1.165) is 0 Å². The summed E-state index contributed by atoms with van der Waals surface area (Å²) < 4.78 is 10.7. The summed E-state index contributed by atoms with van der Waals surface area (Å²) in [6, 6.07) is 8.27. The molecule has 4 N–H and O–H groups in total. The minimum absolute atomic E-state index is 0.0798. The van der Waals surface area contributed by atoms with E-state index in [1.54, 1.807) is 45.0 Å². The first kappa shape index (κ1) is 22.8. The van der Waals surface area contributed by atoms with Gasteiger partial charge in [-0.2, -0.15) is 10.2 Å². The molecule has 0 spiro atoms. The molecule has 1 fully saturated rings. The summed E-state index contributed by atoms with van der Waals surface area (Å²) in [5.74, 6) is -1.61. The number of hydrogen-bond donors (Lipinski definition) is 3. The van der Waals surface area contributed by atoms with Crippen LogP contribution in [0.1, 0.15) is 56.0 Å². The highest BCUT2D eigenvalue weighted by atomic mass is 16.6. The van der Waals surface area contributed by atoms with Gasteiger partial charge in [0.2, 0.25) is 5.88 Å². The molecule has 3 rings (SSSR count). The molecule has 1 aromatic carbocycles. The SMILES string of the molecule is CC(C)(C)OC(=O)N[C@@H]1CC[C@H](OC(=O)c2c(N)nc(-c3cccc(C#N)c3)nc2O)C1. The van der Waals surface area contributed by atoms with Crippen molar-refractivity contribution in [2.75, 3.05) is 5.73 Å². The molecule has 32 heavy (non-hydrogen) atoms. The summed E-state index contributed by atoms with van der Waals surface area (Å²) in [4.78, 5) is 32.6. The van der Waals surface area contributed by atoms with Crippen molar-refractivity contribution < 1.29 is 24.2 Å². The number of amides is 1. The molecule has 1 saturated carbocycles. The van der Waals surface area contributed by atoms with Crippen LogP contribution in [0.4, 0.5) is 10.6 Å². The Morgan fingerprint density at radius 2 is 2.03 bits per heavy atom. The predicted octanol–water partition coefficient (Wildman–Crippen LogP) is 2.91. The average molecular weight is 439 g/mol. The number of esters is 1. The number of alkyl carbamates (subject to hydrolysis) is 1. The molecule has 0 bridgehead atoms. The van der Waals surface area contributed by atoms with Gasteiger partial charge in [-0.05, 0) is 45.7 Å². The summed E-state index contributed by atoms with van der Waals surface area (Å²) in [5.41, 5.74) is 5.84. The van der Waals surface area contributed by atoms with E-state index in [0.29, 0.717) is 30.4 Å². The number of rotatable bonds is 4. The number of aromatic nitrogens is 2. The van der Waals surface area contributed by atoms with Gasteiger partial charge < -0.3 is 25.6 Å². The zero-order chi connectivity index (χ0) is 23.5. The lowest BCUT2D eigenvalue weighted by atomic mass is 10.1. The number of carbonyl (C=O) groups excluding carboxylic acids is 2. The molecule has 2 atom stereocenters. The van der Waals surface area contributed by atoms with Crippen molar-refractivity contribution in [3.63, 3.8) is 0 Å². The smallest absolute Gasteiger partial charge is 0.407 e. The van der Waals surface area contributed by atoms with Gasteiger partial charge in [-0.3, -0.25) is 0 Å².